The van der Waals surface area contributed by atoms with Crippen molar-refractivity contribution in [2.45, 2.75) is 50.5 Å². The van der Waals surface area contributed by atoms with E-state index in [1.807, 2.05) is 24.3 Å². The molecule has 4 rings (SSSR count). The van der Waals surface area contributed by atoms with Crippen molar-refractivity contribution in [1.82, 2.24) is 10.6 Å². The standard InChI is InChI=1S/C26H30N2O5/c29-24(28-23-12-6-1-7-17(23)13-14-25(30)31)15-27-26(32)33-16-22-20-10-4-2-8-18(20)19-9-3-5-11-21(19)22/h2-5,8-11,17,22-23H,1,6-7,12-16H2,(H,27,32)(H,28,29)(H,30,31). The molecule has 0 bridgehead atoms. The van der Waals surface area contributed by atoms with Crippen LogP contribution in [0.15, 0.2) is 48.5 Å². The Labute approximate surface area is 193 Å². The Kier molecular flexibility index (Phi) is 7.27. The summed E-state index contributed by atoms with van der Waals surface area (Å²) in [5.41, 5.74) is 4.58. The normalized spacial score (nSPS) is 19.3. The average Bonchev–Trinajstić information content (AvgIpc) is 3.14. The Hall–Kier alpha value is -3.35. The molecule has 1 fully saturated rings. The van der Waals surface area contributed by atoms with E-state index in [-0.39, 0.29) is 43.4 Å². The quantitative estimate of drug-likeness (QED) is 0.562. The number of hydrogen-bond donors (Lipinski definition) is 3. The van der Waals surface area contributed by atoms with Gasteiger partial charge in [-0.05, 0) is 47.4 Å². The van der Waals surface area contributed by atoms with Crippen LogP contribution in [0.5, 0.6) is 0 Å². The van der Waals surface area contributed by atoms with Crippen LogP contribution in [-0.2, 0) is 14.3 Å². The van der Waals surface area contributed by atoms with E-state index in [1.165, 1.54) is 0 Å². The molecule has 2 unspecified atom stereocenters. The Morgan fingerprint density at radius 2 is 1.58 bits per heavy atom. The number of amides is 2. The van der Waals surface area contributed by atoms with Crippen LogP contribution in [0.2, 0.25) is 0 Å². The number of carbonyl (C=O) groups excluding carboxylic acids is 2. The molecule has 2 aliphatic rings. The minimum Gasteiger partial charge on any atom is -0.481 e. The van der Waals surface area contributed by atoms with Crippen molar-refractivity contribution in [3.05, 3.63) is 59.7 Å². The third-order valence-electron chi connectivity index (χ3n) is 6.72. The van der Waals surface area contributed by atoms with Gasteiger partial charge in [0, 0.05) is 18.4 Å². The van der Waals surface area contributed by atoms with Gasteiger partial charge in [0.1, 0.15) is 13.2 Å². The zero-order chi connectivity index (χ0) is 23.2. The van der Waals surface area contributed by atoms with Gasteiger partial charge < -0.3 is 20.5 Å². The van der Waals surface area contributed by atoms with Crippen LogP contribution in [0.4, 0.5) is 4.79 Å². The predicted molar refractivity (Wildman–Crippen MR) is 124 cm³/mol. The van der Waals surface area contributed by atoms with Gasteiger partial charge >= 0.3 is 12.1 Å². The number of ether oxygens (including phenoxy) is 1. The molecule has 0 heterocycles. The van der Waals surface area contributed by atoms with Gasteiger partial charge in [-0.1, -0.05) is 61.4 Å². The van der Waals surface area contributed by atoms with E-state index >= 15 is 0 Å². The van der Waals surface area contributed by atoms with Crippen molar-refractivity contribution in [2.75, 3.05) is 13.2 Å². The maximum Gasteiger partial charge on any atom is 0.407 e. The summed E-state index contributed by atoms with van der Waals surface area (Å²) < 4.78 is 5.47. The Balaban J connectivity index is 1.26. The van der Waals surface area contributed by atoms with Crippen LogP contribution in [0, 0.1) is 5.92 Å². The monoisotopic (exact) mass is 450 g/mol. The van der Waals surface area contributed by atoms with Crippen molar-refractivity contribution >= 4 is 18.0 Å². The molecule has 0 aliphatic heterocycles. The predicted octanol–water partition coefficient (Wildman–Crippen LogP) is 4.06. The molecular formula is C26H30N2O5. The molecule has 2 aromatic carbocycles. The number of carboxylic acid groups (broad SMARTS) is 1. The summed E-state index contributed by atoms with van der Waals surface area (Å²) >= 11 is 0. The number of hydrogen-bond acceptors (Lipinski definition) is 4. The lowest BCUT2D eigenvalue weighted by molar-refractivity contribution is -0.137. The third kappa shape index (κ3) is 5.53. The lowest BCUT2D eigenvalue weighted by Crippen LogP contribution is -2.46. The SMILES string of the molecule is O=C(O)CCC1CCCCC1NC(=O)CNC(=O)OCC1c2ccccc2-c2ccccc21. The number of benzene rings is 2. The number of rotatable bonds is 8. The van der Waals surface area contributed by atoms with E-state index in [4.69, 9.17) is 9.84 Å². The largest absolute Gasteiger partial charge is 0.481 e. The lowest BCUT2D eigenvalue weighted by atomic mass is 9.81. The topological polar surface area (TPSA) is 105 Å². The molecule has 2 atom stereocenters. The minimum atomic E-state index is -0.817. The number of carboxylic acids is 1. The summed E-state index contributed by atoms with van der Waals surface area (Å²) in [5, 5.41) is 14.5. The van der Waals surface area contributed by atoms with Crippen LogP contribution in [0.1, 0.15) is 55.6 Å². The zero-order valence-electron chi connectivity index (χ0n) is 18.6. The highest BCUT2D eigenvalue weighted by Gasteiger charge is 2.29. The second-order valence-corrected chi connectivity index (χ2v) is 8.83. The van der Waals surface area contributed by atoms with Crippen molar-refractivity contribution in [2.24, 2.45) is 5.92 Å². The van der Waals surface area contributed by atoms with Crippen molar-refractivity contribution < 1.29 is 24.2 Å². The van der Waals surface area contributed by atoms with E-state index in [0.29, 0.717) is 6.42 Å². The first-order valence-corrected chi connectivity index (χ1v) is 11.6. The summed E-state index contributed by atoms with van der Waals surface area (Å²) in [4.78, 5) is 35.6. The molecular weight excluding hydrogens is 420 g/mol. The molecule has 0 aromatic heterocycles. The molecule has 174 valence electrons. The van der Waals surface area contributed by atoms with Gasteiger partial charge in [0.2, 0.25) is 5.91 Å². The zero-order valence-corrected chi connectivity index (χ0v) is 18.6. The Morgan fingerprint density at radius 1 is 0.939 bits per heavy atom. The first-order valence-electron chi connectivity index (χ1n) is 11.6. The van der Waals surface area contributed by atoms with Crippen LogP contribution < -0.4 is 10.6 Å². The molecule has 0 radical (unpaired) electrons. The Morgan fingerprint density at radius 3 is 2.24 bits per heavy atom. The molecule has 7 nitrogen and oxygen atoms in total. The van der Waals surface area contributed by atoms with E-state index in [0.717, 1.165) is 47.9 Å². The van der Waals surface area contributed by atoms with E-state index in [2.05, 4.69) is 34.9 Å². The van der Waals surface area contributed by atoms with Crippen LogP contribution >= 0.6 is 0 Å². The number of nitrogens with one attached hydrogen (secondary N) is 2. The van der Waals surface area contributed by atoms with Crippen molar-refractivity contribution in [3.8, 4) is 11.1 Å². The molecule has 0 saturated heterocycles. The van der Waals surface area contributed by atoms with Gasteiger partial charge in [0.05, 0.1) is 0 Å². The fourth-order valence-electron chi connectivity index (χ4n) is 5.11. The molecule has 7 heteroatoms. The van der Waals surface area contributed by atoms with Gasteiger partial charge in [0.15, 0.2) is 0 Å². The number of aliphatic carboxylic acids is 1. The lowest BCUT2D eigenvalue weighted by Gasteiger charge is -2.32. The maximum atomic E-state index is 12.4. The Bertz CT molecular complexity index is 976. The van der Waals surface area contributed by atoms with E-state index < -0.39 is 12.1 Å². The highest BCUT2D eigenvalue weighted by molar-refractivity contribution is 5.82. The molecule has 2 aliphatic carbocycles. The maximum absolute atomic E-state index is 12.4. The second-order valence-electron chi connectivity index (χ2n) is 8.83. The van der Waals surface area contributed by atoms with E-state index in [9.17, 15) is 14.4 Å². The highest BCUT2D eigenvalue weighted by Crippen LogP contribution is 2.44. The van der Waals surface area contributed by atoms with Crippen molar-refractivity contribution in [1.29, 1.82) is 0 Å². The minimum absolute atomic E-state index is 0.0331. The third-order valence-corrected chi connectivity index (χ3v) is 6.72. The summed E-state index contributed by atoms with van der Waals surface area (Å²) in [6.07, 6.45) is 3.84. The van der Waals surface area contributed by atoms with Crippen molar-refractivity contribution in [3.63, 3.8) is 0 Å². The first kappa shape index (κ1) is 22.8. The fourth-order valence-corrected chi connectivity index (χ4v) is 5.11. The van der Waals surface area contributed by atoms with Crippen LogP contribution in [-0.4, -0.2) is 42.3 Å². The number of alkyl carbamates (subject to hydrolysis) is 1. The van der Waals surface area contributed by atoms with Crippen LogP contribution in [0.3, 0.4) is 0 Å². The summed E-state index contributed by atoms with van der Waals surface area (Å²) in [6, 6.07) is 16.2. The summed E-state index contributed by atoms with van der Waals surface area (Å²) in [6.45, 7) is 0.0280. The van der Waals surface area contributed by atoms with Gasteiger partial charge in [-0.15, -0.1) is 0 Å². The van der Waals surface area contributed by atoms with Crippen LogP contribution in [0.25, 0.3) is 11.1 Å². The van der Waals surface area contributed by atoms with Gasteiger partial charge in [0.25, 0.3) is 0 Å². The van der Waals surface area contributed by atoms with Gasteiger partial charge in [-0.2, -0.15) is 0 Å². The smallest absolute Gasteiger partial charge is 0.407 e. The number of fused-ring (bicyclic) bond motifs is 3. The van der Waals surface area contributed by atoms with Gasteiger partial charge in [-0.3, -0.25) is 9.59 Å². The van der Waals surface area contributed by atoms with Gasteiger partial charge in [-0.25, -0.2) is 4.79 Å². The summed E-state index contributed by atoms with van der Waals surface area (Å²) in [5.74, 6) is -0.972. The molecule has 1 saturated carbocycles. The first-order chi connectivity index (χ1) is 16.0. The molecule has 3 N–H and O–H groups in total. The second kappa shape index (κ2) is 10.5. The van der Waals surface area contributed by atoms with E-state index in [1.54, 1.807) is 0 Å². The number of carbonyl (C=O) groups is 3. The highest BCUT2D eigenvalue weighted by atomic mass is 16.5. The molecule has 2 aromatic rings. The fraction of sp³-hybridized carbons (Fsp3) is 0.423. The molecule has 33 heavy (non-hydrogen) atoms. The molecule has 2 amide bonds. The average molecular weight is 451 g/mol. The molecule has 0 spiro atoms. The summed E-state index contributed by atoms with van der Waals surface area (Å²) in [7, 11) is 0.